The first-order chi connectivity index (χ1) is 14.7. The van der Waals surface area contributed by atoms with Gasteiger partial charge in [-0.25, -0.2) is 8.42 Å². The lowest BCUT2D eigenvalue weighted by molar-refractivity contribution is -0.385. The highest BCUT2D eigenvalue weighted by atomic mass is 32.2. The van der Waals surface area contributed by atoms with Gasteiger partial charge in [-0.3, -0.25) is 20.3 Å². The number of nitro benzene ring substituents is 1. The van der Waals surface area contributed by atoms with Crippen LogP contribution in [0.25, 0.3) is 0 Å². The first kappa shape index (κ1) is 21.8. The van der Waals surface area contributed by atoms with Gasteiger partial charge in [0.1, 0.15) is 10.6 Å². The first-order valence-electron chi connectivity index (χ1n) is 9.12. The number of hydrazone groups is 1. The topological polar surface area (TPSA) is 134 Å². The molecule has 0 fully saturated rings. The molecule has 9 nitrogen and oxygen atoms in total. The molecule has 160 valence electrons. The van der Waals surface area contributed by atoms with Crippen molar-refractivity contribution in [2.45, 2.75) is 18.7 Å². The molecule has 3 aromatic carbocycles. The van der Waals surface area contributed by atoms with Crippen LogP contribution in [-0.4, -0.2) is 24.7 Å². The van der Waals surface area contributed by atoms with E-state index in [0.29, 0.717) is 16.8 Å². The number of phenols is 1. The van der Waals surface area contributed by atoms with E-state index in [-0.39, 0.29) is 22.0 Å². The third-order valence-electron chi connectivity index (χ3n) is 4.38. The van der Waals surface area contributed by atoms with Crippen molar-refractivity contribution in [3.63, 3.8) is 0 Å². The molecular formula is C21H20N4O5S. The van der Waals surface area contributed by atoms with Crippen molar-refractivity contribution in [3.8, 4) is 5.75 Å². The number of phenolic OH excluding ortho intramolecular Hbond substituents is 1. The molecule has 0 saturated heterocycles. The van der Waals surface area contributed by atoms with E-state index in [1.54, 1.807) is 31.2 Å². The highest BCUT2D eigenvalue weighted by molar-refractivity contribution is 7.92. The van der Waals surface area contributed by atoms with Crippen LogP contribution in [0.5, 0.6) is 5.75 Å². The summed E-state index contributed by atoms with van der Waals surface area (Å²) in [7, 11) is -4.16. The second-order valence-electron chi connectivity index (χ2n) is 6.82. The summed E-state index contributed by atoms with van der Waals surface area (Å²) in [5.74, 6) is 0.103. The van der Waals surface area contributed by atoms with Crippen molar-refractivity contribution in [2.24, 2.45) is 5.10 Å². The van der Waals surface area contributed by atoms with Crippen molar-refractivity contribution in [1.29, 1.82) is 0 Å². The van der Waals surface area contributed by atoms with Gasteiger partial charge in [0.05, 0.1) is 22.5 Å². The van der Waals surface area contributed by atoms with E-state index in [0.717, 1.165) is 11.6 Å². The van der Waals surface area contributed by atoms with E-state index in [1.165, 1.54) is 30.5 Å². The summed E-state index contributed by atoms with van der Waals surface area (Å²) >= 11 is 0. The number of rotatable bonds is 7. The molecule has 0 aliphatic heterocycles. The molecule has 3 aromatic rings. The Morgan fingerprint density at radius 1 is 1.00 bits per heavy atom. The Morgan fingerprint density at radius 2 is 1.68 bits per heavy atom. The van der Waals surface area contributed by atoms with E-state index in [4.69, 9.17) is 0 Å². The lowest BCUT2D eigenvalue weighted by atomic mass is 10.1. The summed E-state index contributed by atoms with van der Waals surface area (Å²) in [5, 5.41) is 24.5. The van der Waals surface area contributed by atoms with Crippen molar-refractivity contribution in [2.75, 3.05) is 10.1 Å². The molecule has 0 saturated carbocycles. The summed E-state index contributed by atoms with van der Waals surface area (Å²) in [6.07, 6.45) is 1.43. The Morgan fingerprint density at radius 3 is 2.32 bits per heavy atom. The van der Waals surface area contributed by atoms with Gasteiger partial charge in [-0.1, -0.05) is 17.7 Å². The van der Waals surface area contributed by atoms with Gasteiger partial charge < -0.3 is 5.11 Å². The number of sulfonamides is 1. The number of nitrogens with zero attached hydrogens (tertiary/aromatic N) is 2. The molecule has 0 aliphatic carbocycles. The summed E-state index contributed by atoms with van der Waals surface area (Å²) in [6, 6.07) is 14.9. The standard InChI is InChI=1S/C21H20N4O5S/c1-14-3-9-19(15(2)11-14)24-31(29,30)21-12-17(25(27)28)6-10-20(21)23-22-13-16-4-7-18(26)8-5-16/h3-13,23-24,26H,1-2H3/b22-13+. The number of non-ortho nitro benzene ring substituents is 1. The predicted octanol–water partition coefficient (Wildman–Crippen LogP) is 4.16. The number of aryl methyl sites for hydroxylation is 2. The summed E-state index contributed by atoms with van der Waals surface area (Å²) in [6.45, 7) is 3.65. The smallest absolute Gasteiger partial charge is 0.270 e. The van der Waals surface area contributed by atoms with Gasteiger partial charge in [-0.15, -0.1) is 0 Å². The van der Waals surface area contributed by atoms with Crippen LogP contribution in [0.15, 0.2) is 70.7 Å². The molecule has 0 unspecified atom stereocenters. The molecule has 0 aliphatic rings. The normalized spacial score (nSPS) is 11.4. The van der Waals surface area contributed by atoms with Gasteiger partial charge in [-0.2, -0.15) is 5.10 Å². The number of aromatic hydroxyl groups is 1. The molecule has 0 bridgehead atoms. The number of anilines is 2. The maximum absolute atomic E-state index is 13.1. The Bertz CT molecular complexity index is 1260. The maximum Gasteiger partial charge on any atom is 0.270 e. The Labute approximate surface area is 179 Å². The van der Waals surface area contributed by atoms with E-state index >= 15 is 0 Å². The van der Waals surface area contributed by atoms with Crippen LogP contribution in [0.3, 0.4) is 0 Å². The van der Waals surface area contributed by atoms with Crippen LogP contribution in [0, 0.1) is 24.0 Å². The zero-order chi connectivity index (χ0) is 22.6. The van der Waals surface area contributed by atoms with Crippen molar-refractivity contribution in [1.82, 2.24) is 0 Å². The molecule has 3 rings (SSSR count). The minimum Gasteiger partial charge on any atom is -0.508 e. The summed E-state index contributed by atoms with van der Waals surface area (Å²) in [4.78, 5) is 10.2. The average molecular weight is 440 g/mol. The predicted molar refractivity (Wildman–Crippen MR) is 119 cm³/mol. The first-order valence-corrected chi connectivity index (χ1v) is 10.6. The van der Waals surface area contributed by atoms with Crippen LogP contribution >= 0.6 is 0 Å². The minimum atomic E-state index is -4.16. The molecule has 31 heavy (non-hydrogen) atoms. The number of hydrogen-bond acceptors (Lipinski definition) is 7. The van der Waals surface area contributed by atoms with Crippen LogP contribution in [0.1, 0.15) is 16.7 Å². The quantitative estimate of drug-likeness (QED) is 0.287. The van der Waals surface area contributed by atoms with Crippen LogP contribution in [0.4, 0.5) is 17.1 Å². The zero-order valence-electron chi connectivity index (χ0n) is 16.7. The molecular weight excluding hydrogens is 420 g/mol. The summed E-state index contributed by atoms with van der Waals surface area (Å²) < 4.78 is 28.6. The molecule has 0 amide bonds. The number of nitrogens with one attached hydrogen (secondary N) is 2. The SMILES string of the molecule is Cc1ccc(NS(=O)(=O)c2cc([N+](=O)[O-])ccc2N/N=C/c2ccc(O)cc2)c(C)c1. The minimum absolute atomic E-state index is 0.0675. The fourth-order valence-corrected chi connectivity index (χ4v) is 4.11. The molecule has 3 N–H and O–H groups in total. The van der Waals surface area contributed by atoms with Crippen LogP contribution < -0.4 is 10.1 Å². The van der Waals surface area contributed by atoms with Crippen LogP contribution in [-0.2, 0) is 10.0 Å². The van der Waals surface area contributed by atoms with Gasteiger partial charge in [0.15, 0.2) is 0 Å². The van der Waals surface area contributed by atoms with E-state index in [9.17, 15) is 23.6 Å². The second-order valence-corrected chi connectivity index (χ2v) is 8.47. The lowest BCUT2D eigenvalue weighted by Crippen LogP contribution is -2.16. The van der Waals surface area contributed by atoms with E-state index in [1.807, 2.05) is 13.0 Å². The molecule has 0 aromatic heterocycles. The molecule has 0 atom stereocenters. The molecule has 0 spiro atoms. The number of hydrogen-bond donors (Lipinski definition) is 3. The average Bonchev–Trinajstić information content (AvgIpc) is 2.71. The highest BCUT2D eigenvalue weighted by Gasteiger charge is 2.23. The second kappa shape index (κ2) is 8.84. The fourth-order valence-electron chi connectivity index (χ4n) is 2.80. The lowest BCUT2D eigenvalue weighted by Gasteiger charge is -2.14. The van der Waals surface area contributed by atoms with Crippen molar-refractivity contribution >= 4 is 33.3 Å². The Kier molecular flexibility index (Phi) is 6.21. The molecule has 10 heteroatoms. The monoisotopic (exact) mass is 440 g/mol. The Balaban J connectivity index is 1.95. The van der Waals surface area contributed by atoms with E-state index in [2.05, 4.69) is 15.2 Å². The molecule has 0 radical (unpaired) electrons. The zero-order valence-corrected chi connectivity index (χ0v) is 17.6. The van der Waals surface area contributed by atoms with Gasteiger partial charge in [-0.05, 0) is 61.4 Å². The molecule has 0 heterocycles. The van der Waals surface area contributed by atoms with Gasteiger partial charge >= 0.3 is 0 Å². The van der Waals surface area contributed by atoms with Crippen molar-refractivity contribution < 1.29 is 18.4 Å². The van der Waals surface area contributed by atoms with Gasteiger partial charge in [0, 0.05) is 12.1 Å². The number of nitro groups is 1. The van der Waals surface area contributed by atoms with E-state index < -0.39 is 14.9 Å². The maximum atomic E-state index is 13.1. The highest BCUT2D eigenvalue weighted by Crippen LogP contribution is 2.29. The van der Waals surface area contributed by atoms with Gasteiger partial charge in [0.2, 0.25) is 0 Å². The fraction of sp³-hybridized carbons (Fsp3) is 0.0952. The third kappa shape index (κ3) is 5.37. The van der Waals surface area contributed by atoms with Crippen molar-refractivity contribution in [3.05, 3.63) is 87.5 Å². The van der Waals surface area contributed by atoms with Crippen LogP contribution in [0.2, 0.25) is 0 Å². The summed E-state index contributed by atoms with van der Waals surface area (Å²) in [5.41, 5.74) is 5.04. The Hall–Kier alpha value is -3.92. The number of benzene rings is 3. The largest absolute Gasteiger partial charge is 0.508 e. The van der Waals surface area contributed by atoms with Gasteiger partial charge in [0.25, 0.3) is 15.7 Å². The third-order valence-corrected chi connectivity index (χ3v) is 5.79.